The summed E-state index contributed by atoms with van der Waals surface area (Å²) in [5.41, 5.74) is 0.406. The number of aryl methyl sites for hydroxylation is 1. The Morgan fingerprint density at radius 3 is 2.69 bits per heavy atom. The average Bonchev–Trinajstić information content (AvgIpc) is 3.32. The monoisotopic (exact) mass is 404 g/mol. The molecular formula is C13H14F2N6O3S2. The summed E-state index contributed by atoms with van der Waals surface area (Å²) in [4.78, 5) is 4.51. The summed E-state index contributed by atoms with van der Waals surface area (Å²) in [7, 11) is -1.89. The molecule has 0 unspecified atom stereocenters. The zero-order valence-electron chi connectivity index (χ0n) is 13.7. The second-order valence-corrected chi connectivity index (χ2v) is 8.44. The van der Waals surface area contributed by atoms with E-state index in [2.05, 4.69) is 20.3 Å². The van der Waals surface area contributed by atoms with Gasteiger partial charge in [-0.2, -0.15) is 13.9 Å². The third-order valence-corrected chi connectivity index (χ3v) is 6.06. The van der Waals surface area contributed by atoms with Crippen molar-refractivity contribution in [1.29, 1.82) is 0 Å². The van der Waals surface area contributed by atoms with E-state index in [9.17, 15) is 17.2 Å². The molecule has 26 heavy (non-hydrogen) atoms. The lowest BCUT2D eigenvalue weighted by atomic mass is 10.5. The minimum absolute atomic E-state index is 0.0254. The first-order valence-corrected chi connectivity index (χ1v) is 9.78. The maximum atomic E-state index is 12.5. The second-order valence-electron chi connectivity index (χ2n) is 5.14. The number of nitrogens with zero attached hydrogens (tertiary/aromatic N) is 6. The van der Waals surface area contributed by atoms with Gasteiger partial charge in [-0.25, -0.2) is 13.4 Å². The Morgan fingerprint density at radius 1 is 1.35 bits per heavy atom. The largest absolute Gasteiger partial charge is 0.414 e. The fourth-order valence-electron chi connectivity index (χ4n) is 2.07. The summed E-state index contributed by atoms with van der Waals surface area (Å²) in [5.74, 6) is -0.961. The molecule has 0 fully saturated rings. The zero-order chi connectivity index (χ0) is 18.9. The standard InChI is InChI=1S/C13H14F2N6O3S2/c1-3-26(22,23)21(8-4-17-20(2)6-8)7-10-16-5-9(25-10)12-18-19-13(24-12)11(14)15/h4-6,11H,3,7H2,1-2H3. The molecule has 140 valence electrons. The van der Waals surface area contributed by atoms with Crippen molar-refractivity contribution in [1.82, 2.24) is 25.0 Å². The van der Waals surface area contributed by atoms with Gasteiger partial charge in [0, 0.05) is 13.2 Å². The molecular weight excluding hydrogens is 390 g/mol. The summed E-state index contributed by atoms with van der Waals surface area (Å²) in [6.45, 7) is 1.51. The predicted octanol–water partition coefficient (Wildman–Crippen LogP) is 2.22. The van der Waals surface area contributed by atoms with Gasteiger partial charge in [0.25, 0.3) is 11.8 Å². The van der Waals surface area contributed by atoms with Crippen LogP contribution in [0.15, 0.2) is 23.0 Å². The van der Waals surface area contributed by atoms with Crippen LogP contribution in [0.5, 0.6) is 0 Å². The van der Waals surface area contributed by atoms with Crippen LogP contribution in [0.4, 0.5) is 14.5 Å². The van der Waals surface area contributed by atoms with Gasteiger partial charge >= 0.3 is 6.43 Å². The minimum Gasteiger partial charge on any atom is -0.414 e. The first-order chi connectivity index (χ1) is 12.3. The molecule has 0 saturated heterocycles. The maximum Gasteiger partial charge on any atom is 0.314 e. The van der Waals surface area contributed by atoms with Crippen molar-refractivity contribution >= 4 is 27.0 Å². The minimum atomic E-state index is -3.56. The van der Waals surface area contributed by atoms with Crippen LogP contribution in [0.3, 0.4) is 0 Å². The zero-order valence-corrected chi connectivity index (χ0v) is 15.3. The molecule has 0 atom stereocenters. The smallest absolute Gasteiger partial charge is 0.314 e. The molecule has 3 aromatic rings. The molecule has 3 rings (SSSR count). The summed E-state index contributed by atoms with van der Waals surface area (Å²) < 4.78 is 57.5. The van der Waals surface area contributed by atoms with E-state index < -0.39 is 22.3 Å². The molecule has 0 aliphatic heterocycles. The highest BCUT2D eigenvalue weighted by molar-refractivity contribution is 7.92. The Kier molecular flexibility index (Phi) is 5.00. The van der Waals surface area contributed by atoms with Crippen LogP contribution in [0, 0.1) is 0 Å². The molecule has 0 amide bonds. The van der Waals surface area contributed by atoms with Crippen molar-refractivity contribution in [3.8, 4) is 10.8 Å². The third-order valence-electron chi connectivity index (χ3n) is 3.35. The first-order valence-electron chi connectivity index (χ1n) is 7.36. The number of anilines is 1. The quantitative estimate of drug-likeness (QED) is 0.594. The highest BCUT2D eigenvalue weighted by atomic mass is 32.2. The fourth-order valence-corrected chi connectivity index (χ4v) is 4.03. The Balaban J connectivity index is 1.87. The van der Waals surface area contributed by atoms with Gasteiger partial charge in [0.05, 0.1) is 30.4 Å². The third kappa shape index (κ3) is 3.72. The van der Waals surface area contributed by atoms with E-state index in [4.69, 9.17) is 4.42 Å². The molecule has 3 aromatic heterocycles. The van der Waals surface area contributed by atoms with Crippen molar-refractivity contribution in [2.75, 3.05) is 10.1 Å². The number of hydrogen-bond acceptors (Lipinski definition) is 8. The van der Waals surface area contributed by atoms with Gasteiger partial charge in [-0.1, -0.05) is 0 Å². The summed E-state index contributed by atoms with van der Waals surface area (Å²) in [6, 6.07) is 0. The topological polar surface area (TPSA) is 107 Å². The molecule has 0 N–H and O–H groups in total. The Bertz CT molecular complexity index is 997. The number of thiazole rings is 1. The number of alkyl halides is 2. The van der Waals surface area contributed by atoms with Gasteiger partial charge < -0.3 is 4.42 Å². The summed E-state index contributed by atoms with van der Waals surface area (Å²) >= 11 is 1.08. The van der Waals surface area contributed by atoms with E-state index in [0.29, 0.717) is 15.6 Å². The maximum absolute atomic E-state index is 12.5. The Labute approximate surface area is 151 Å². The van der Waals surface area contributed by atoms with Crippen molar-refractivity contribution < 1.29 is 21.6 Å². The fraction of sp³-hybridized carbons (Fsp3) is 0.385. The number of rotatable bonds is 7. The van der Waals surface area contributed by atoms with E-state index in [0.717, 1.165) is 11.3 Å². The molecule has 0 aliphatic carbocycles. The molecule has 0 bridgehead atoms. The molecule has 9 nitrogen and oxygen atoms in total. The van der Waals surface area contributed by atoms with Crippen LogP contribution in [0.2, 0.25) is 0 Å². The highest BCUT2D eigenvalue weighted by Gasteiger charge is 2.24. The van der Waals surface area contributed by atoms with Gasteiger partial charge in [-0.05, 0) is 6.92 Å². The van der Waals surface area contributed by atoms with Crippen molar-refractivity contribution in [2.45, 2.75) is 19.9 Å². The molecule has 0 radical (unpaired) electrons. The van der Waals surface area contributed by atoms with Crippen molar-refractivity contribution in [2.24, 2.45) is 7.05 Å². The van der Waals surface area contributed by atoms with Crippen LogP contribution in [-0.4, -0.2) is 39.1 Å². The van der Waals surface area contributed by atoms with Crippen LogP contribution >= 0.6 is 11.3 Å². The van der Waals surface area contributed by atoms with Crippen LogP contribution < -0.4 is 4.31 Å². The van der Waals surface area contributed by atoms with E-state index in [1.54, 1.807) is 13.2 Å². The molecule has 3 heterocycles. The normalized spacial score (nSPS) is 12.0. The van der Waals surface area contributed by atoms with Crippen molar-refractivity contribution in [3.05, 3.63) is 29.5 Å². The number of sulfonamides is 1. The van der Waals surface area contributed by atoms with Crippen molar-refractivity contribution in [3.63, 3.8) is 0 Å². The van der Waals surface area contributed by atoms with Crippen LogP contribution in [0.25, 0.3) is 10.8 Å². The SMILES string of the molecule is CCS(=O)(=O)N(Cc1ncc(-c2nnc(C(F)F)o2)s1)c1cnn(C)c1. The number of aromatic nitrogens is 5. The predicted molar refractivity (Wildman–Crippen MR) is 89.2 cm³/mol. The van der Waals surface area contributed by atoms with E-state index >= 15 is 0 Å². The van der Waals surface area contributed by atoms with E-state index in [1.807, 2.05) is 0 Å². The van der Waals surface area contributed by atoms with E-state index in [-0.39, 0.29) is 18.2 Å². The van der Waals surface area contributed by atoms with Gasteiger partial charge in [0.15, 0.2) is 0 Å². The van der Waals surface area contributed by atoms with Gasteiger partial charge in [-0.3, -0.25) is 8.99 Å². The lowest BCUT2D eigenvalue weighted by molar-refractivity contribution is 0.116. The van der Waals surface area contributed by atoms with E-state index in [1.165, 1.54) is 28.3 Å². The van der Waals surface area contributed by atoms with Gasteiger partial charge in [0.2, 0.25) is 10.0 Å². The summed E-state index contributed by atoms with van der Waals surface area (Å²) in [6.07, 6.45) is 1.53. The Morgan fingerprint density at radius 2 is 2.12 bits per heavy atom. The summed E-state index contributed by atoms with van der Waals surface area (Å²) in [5, 5.41) is 11.2. The second kappa shape index (κ2) is 7.07. The number of halogens is 2. The molecule has 0 aromatic carbocycles. The van der Waals surface area contributed by atoms with Crippen LogP contribution in [0.1, 0.15) is 24.2 Å². The van der Waals surface area contributed by atoms with Gasteiger partial charge in [-0.15, -0.1) is 21.5 Å². The molecule has 13 heteroatoms. The highest BCUT2D eigenvalue weighted by Crippen LogP contribution is 2.29. The van der Waals surface area contributed by atoms with Gasteiger partial charge in [0.1, 0.15) is 9.88 Å². The molecule has 0 saturated carbocycles. The Hall–Kier alpha value is -2.41. The molecule has 0 aliphatic rings. The molecule has 0 spiro atoms. The lowest BCUT2D eigenvalue weighted by Crippen LogP contribution is -2.31. The average molecular weight is 404 g/mol. The first kappa shape index (κ1) is 18.4. The number of hydrogen-bond donors (Lipinski definition) is 0. The van der Waals surface area contributed by atoms with Crippen LogP contribution in [-0.2, 0) is 23.6 Å². The lowest BCUT2D eigenvalue weighted by Gasteiger charge is -2.20.